The minimum atomic E-state index is -1.71. The lowest BCUT2D eigenvalue weighted by Gasteiger charge is -2.32. The van der Waals surface area contributed by atoms with Crippen molar-refractivity contribution in [2.75, 3.05) is 31.2 Å². The molecule has 32 heavy (non-hydrogen) atoms. The van der Waals surface area contributed by atoms with Crippen LogP contribution in [0.25, 0.3) is 0 Å². The number of amides is 2. The Morgan fingerprint density at radius 3 is 2.81 bits per heavy atom. The molecule has 1 atom stereocenters. The van der Waals surface area contributed by atoms with Gasteiger partial charge in [0.15, 0.2) is 6.29 Å². The molecule has 3 rings (SSSR count). The summed E-state index contributed by atoms with van der Waals surface area (Å²) in [6.07, 6.45) is 4.87. The number of likely N-dealkylation sites (tertiary alicyclic amines) is 1. The summed E-state index contributed by atoms with van der Waals surface area (Å²) in [6.45, 7) is 1.39. The molecule has 2 aromatic rings. The van der Waals surface area contributed by atoms with Gasteiger partial charge in [0.05, 0.1) is 0 Å². The van der Waals surface area contributed by atoms with Gasteiger partial charge in [0.25, 0.3) is 0 Å². The molecule has 0 saturated carbocycles. The first-order chi connectivity index (χ1) is 15.5. The van der Waals surface area contributed by atoms with E-state index in [1.165, 1.54) is 11.3 Å². The summed E-state index contributed by atoms with van der Waals surface area (Å²) >= 11 is 1.28. The topological polar surface area (TPSA) is 99.1 Å². The van der Waals surface area contributed by atoms with Gasteiger partial charge in [-0.25, -0.2) is 4.79 Å². The summed E-state index contributed by atoms with van der Waals surface area (Å²) in [5.41, 5.74) is 2.15. The van der Waals surface area contributed by atoms with E-state index in [1.807, 2.05) is 35.7 Å². The molecule has 0 aliphatic carbocycles. The number of carbonyl (C=O) groups excluding carboxylic acids is 2. The van der Waals surface area contributed by atoms with Crippen molar-refractivity contribution in [1.82, 2.24) is 4.90 Å². The Morgan fingerprint density at radius 1 is 1.31 bits per heavy atom. The standard InChI is InChI=1S/C23H29N2O5PS/c1-31-13-12-30-23(29)25-11-5-8-17(14-25)18-15-32-21(20(18)22(27)28)24-19(26)10-9-16-6-3-2-4-7-16/h2-4,6-7,15,17,22,27-28H,1,5,8-14H2,(H,24,26). The Morgan fingerprint density at radius 2 is 2.09 bits per heavy atom. The number of hydrogen-bond donors (Lipinski definition) is 3. The largest absolute Gasteiger partial charge is 0.449 e. The lowest BCUT2D eigenvalue weighted by Crippen LogP contribution is -2.39. The molecule has 0 bridgehead atoms. The van der Waals surface area contributed by atoms with Crippen molar-refractivity contribution in [2.24, 2.45) is 0 Å². The number of benzene rings is 1. The van der Waals surface area contributed by atoms with Crippen LogP contribution in [0.1, 0.15) is 48.2 Å². The van der Waals surface area contributed by atoms with Gasteiger partial charge in [-0.05, 0) is 35.8 Å². The zero-order valence-electron chi connectivity index (χ0n) is 17.9. The fraction of sp³-hybridized carbons (Fsp3) is 0.435. The average Bonchev–Trinajstić information content (AvgIpc) is 3.22. The van der Waals surface area contributed by atoms with Crippen molar-refractivity contribution in [3.05, 3.63) is 52.4 Å². The third kappa shape index (κ3) is 6.62. The first-order valence-electron chi connectivity index (χ1n) is 10.6. The van der Waals surface area contributed by atoms with Crippen LogP contribution in [0, 0.1) is 0 Å². The van der Waals surface area contributed by atoms with E-state index in [0.717, 1.165) is 32.2 Å². The summed E-state index contributed by atoms with van der Waals surface area (Å²) in [4.78, 5) is 26.5. The zero-order valence-corrected chi connectivity index (χ0v) is 19.6. The van der Waals surface area contributed by atoms with Crippen molar-refractivity contribution in [1.29, 1.82) is 0 Å². The zero-order chi connectivity index (χ0) is 22.9. The van der Waals surface area contributed by atoms with E-state index in [2.05, 4.69) is 11.6 Å². The van der Waals surface area contributed by atoms with E-state index in [-0.39, 0.29) is 17.9 Å². The van der Waals surface area contributed by atoms with Crippen LogP contribution in [0.5, 0.6) is 0 Å². The number of carbonyl (C=O) groups is 2. The van der Waals surface area contributed by atoms with Crippen LogP contribution in [0.2, 0.25) is 0 Å². The third-order valence-corrected chi connectivity index (χ3v) is 6.88. The van der Waals surface area contributed by atoms with Gasteiger partial charge in [0.2, 0.25) is 5.91 Å². The Hall–Kier alpha value is -2.25. The molecule has 1 saturated heterocycles. The van der Waals surface area contributed by atoms with Gasteiger partial charge in [0.1, 0.15) is 11.6 Å². The summed E-state index contributed by atoms with van der Waals surface area (Å²) in [5, 5.41) is 25.2. The van der Waals surface area contributed by atoms with Gasteiger partial charge >= 0.3 is 6.09 Å². The van der Waals surface area contributed by atoms with Crippen LogP contribution in [0.4, 0.5) is 9.80 Å². The van der Waals surface area contributed by atoms with Crippen molar-refractivity contribution in [2.45, 2.75) is 37.9 Å². The molecular formula is C23H29N2O5PS. The molecule has 1 aromatic heterocycles. The predicted octanol–water partition coefficient (Wildman–Crippen LogP) is 4.00. The first kappa shape index (κ1) is 24.4. The second-order valence-electron chi connectivity index (χ2n) is 7.69. The fourth-order valence-corrected chi connectivity index (χ4v) is 5.14. The van der Waals surface area contributed by atoms with Gasteiger partial charge in [-0.15, -0.1) is 19.5 Å². The molecule has 1 aliphatic heterocycles. The number of anilines is 1. The molecule has 172 valence electrons. The number of ether oxygens (including phenoxy) is 1. The number of aliphatic hydroxyl groups is 2. The summed E-state index contributed by atoms with van der Waals surface area (Å²) in [5.74, 6) is -0.229. The van der Waals surface area contributed by atoms with E-state index < -0.39 is 6.29 Å². The second-order valence-corrected chi connectivity index (χ2v) is 9.46. The normalized spacial score (nSPS) is 16.3. The molecule has 7 nitrogen and oxygen atoms in total. The Bertz CT molecular complexity index is 918. The number of aliphatic hydroxyl groups excluding tert-OH is 1. The Balaban J connectivity index is 1.65. The molecule has 1 aromatic carbocycles. The number of nitrogens with zero attached hydrogens (tertiary/aromatic N) is 1. The highest BCUT2D eigenvalue weighted by Crippen LogP contribution is 2.40. The van der Waals surface area contributed by atoms with E-state index in [9.17, 15) is 19.8 Å². The highest BCUT2D eigenvalue weighted by atomic mass is 32.1. The number of rotatable bonds is 9. The molecule has 2 heterocycles. The third-order valence-electron chi connectivity index (χ3n) is 5.45. The minimum absolute atomic E-state index is 0.0507. The molecule has 1 aliphatic rings. The molecule has 1 fully saturated rings. The molecule has 1 unspecified atom stereocenters. The van der Waals surface area contributed by atoms with Crippen LogP contribution in [-0.4, -0.2) is 59.3 Å². The molecule has 9 heteroatoms. The van der Waals surface area contributed by atoms with Crippen molar-refractivity contribution in [3.8, 4) is 0 Å². The maximum atomic E-state index is 12.5. The second kappa shape index (κ2) is 12.1. The number of nitrogens with one attached hydrogen (secondary N) is 1. The van der Waals surface area contributed by atoms with Crippen LogP contribution in [0.15, 0.2) is 35.7 Å². The molecule has 3 N–H and O–H groups in total. The monoisotopic (exact) mass is 476 g/mol. The summed E-state index contributed by atoms with van der Waals surface area (Å²) < 4.78 is 5.29. The molecular weight excluding hydrogens is 447 g/mol. The number of hydrogen-bond acceptors (Lipinski definition) is 6. The van der Waals surface area contributed by atoms with Crippen LogP contribution < -0.4 is 5.32 Å². The maximum absolute atomic E-state index is 12.5. The van der Waals surface area contributed by atoms with Crippen LogP contribution in [0.3, 0.4) is 0 Å². The number of thiophene rings is 1. The summed E-state index contributed by atoms with van der Waals surface area (Å²) in [6, 6.07) is 9.74. The lowest BCUT2D eigenvalue weighted by molar-refractivity contribution is -0.116. The van der Waals surface area contributed by atoms with Crippen LogP contribution in [-0.2, 0) is 16.0 Å². The maximum Gasteiger partial charge on any atom is 0.409 e. The van der Waals surface area contributed by atoms with Crippen molar-refractivity contribution < 1.29 is 24.5 Å². The smallest absolute Gasteiger partial charge is 0.409 e. The van der Waals surface area contributed by atoms with Crippen LogP contribution >= 0.6 is 19.5 Å². The lowest BCUT2D eigenvalue weighted by atomic mass is 9.89. The predicted molar refractivity (Wildman–Crippen MR) is 129 cm³/mol. The highest BCUT2D eigenvalue weighted by Gasteiger charge is 2.30. The average molecular weight is 477 g/mol. The van der Waals surface area contributed by atoms with E-state index >= 15 is 0 Å². The van der Waals surface area contributed by atoms with Gasteiger partial charge in [-0.3, -0.25) is 4.79 Å². The van der Waals surface area contributed by atoms with Crippen molar-refractivity contribution >= 4 is 42.8 Å². The highest BCUT2D eigenvalue weighted by molar-refractivity contribution is 7.36. The number of aryl methyl sites for hydroxylation is 1. The number of piperidine rings is 1. The SMILES string of the molecule is C=PCCOC(=O)N1CCCC(c2csc(NC(=O)CCc3ccccc3)c2C(O)O)C1. The van der Waals surface area contributed by atoms with E-state index in [0.29, 0.717) is 49.3 Å². The first-order valence-corrected chi connectivity index (χ1v) is 12.8. The van der Waals surface area contributed by atoms with Gasteiger partial charge in [-0.2, -0.15) is 0 Å². The van der Waals surface area contributed by atoms with Gasteiger partial charge in [0, 0.05) is 37.2 Å². The quantitative estimate of drug-likeness (QED) is 0.289. The molecule has 2 amide bonds. The molecule has 0 radical (unpaired) electrons. The Labute approximate surface area is 193 Å². The fourth-order valence-electron chi connectivity index (χ4n) is 3.84. The minimum Gasteiger partial charge on any atom is -0.449 e. The Kier molecular flexibility index (Phi) is 9.23. The van der Waals surface area contributed by atoms with E-state index in [4.69, 9.17) is 4.74 Å². The van der Waals surface area contributed by atoms with Gasteiger partial charge in [-0.1, -0.05) is 36.6 Å². The van der Waals surface area contributed by atoms with Crippen molar-refractivity contribution in [3.63, 3.8) is 0 Å². The molecule has 0 spiro atoms. The summed E-state index contributed by atoms with van der Waals surface area (Å²) in [7, 11) is 0.930. The van der Waals surface area contributed by atoms with Gasteiger partial charge < -0.3 is 25.2 Å². The van der Waals surface area contributed by atoms with E-state index in [1.54, 1.807) is 4.90 Å².